The van der Waals surface area contributed by atoms with Crippen LogP contribution in [0.2, 0.25) is 0 Å². The lowest BCUT2D eigenvalue weighted by atomic mass is 10.1. The van der Waals surface area contributed by atoms with E-state index in [0.717, 1.165) is 22.5 Å². The number of fused-ring (bicyclic) bond motifs is 1. The first-order chi connectivity index (χ1) is 14.1. The highest BCUT2D eigenvalue weighted by Crippen LogP contribution is 2.27. The first kappa shape index (κ1) is 18.6. The summed E-state index contributed by atoms with van der Waals surface area (Å²) < 4.78 is 17.4. The molecule has 0 unspecified atom stereocenters. The van der Waals surface area contributed by atoms with E-state index in [4.69, 9.17) is 19.7 Å². The average molecular weight is 394 g/mol. The Morgan fingerprint density at radius 1 is 1.24 bits per heavy atom. The molecule has 1 aromatic carbocycles. The number of amides is 1. The van der Waals surface area contributed by atoms with Gasteiger partial charge in [0, 0.05) is 25.3 Å². The van der Waals surface area contributed by atoms with Crippen molar-refractivity contribution in [2.24, 2.45) is 5.73 Å². The number of nitrogens with two attached hydrogens (primary N) is 1. The van der Waals surface area contributed by atoms with Crippen LogP contribution in [0.15, 0.2) is 47.2 Å². The quantitative estimate of drug-likeness (QED) is 0.445. The molecule has 0 saturated heterocycles. The number of rotatable bonds is 8. The number of benzene rings is 1. The van der Waals surface area contributed by atoms with Gasteiger partial charge in [-0.1, -0.05) is 5.16 Å². The van der Waals surface area contributed by atoms with E-state index in [9.17, 15) is 4.79 Å². The Morgan fingerprint density at radius 3 is 2.90 bits per heavy atom. The molecule has 0 atom stereocenters. The van der Waals surface area contributed by atoms with Gasteiger partial charge in [0.15, 0.2) is 11.5 Å². The molecule has 0 fully saturated rings. The molecule has 0 radical (unpaired) electrons. The molecule has 4 aromatic rings. The van der Waals surface area contributed by atoms with Crippen molar-refractivity contribution in [2.75, 3.05) is 20.3 Å². The zero-order valence-electron chi connectivity index (χ0n) is 15.6. The molecule has 0 saturated carbocycles. The molecule has 1 amide bonds. The van der Waals surface area contributed by atoms with Crippen LogP contribution >= 0.6 is 0 Å². The number of nitrogens with zero attached hydrogens (tertiary/aromatic N) is 5. The van der Waals surface area contributed by atoms with E-state index in [1.807, 2.05) is 36.5 Å². The minimum Gasteiger partial charge on any atom is -0.491 e. The lowest BCUT2D eigenvalue weighted by Crippen LogP contribution is -2.11. The smallest absolute Gasteiger partial charge is 0.315 e. The zero-order chi connectivity index (χ0) is 20.2. The molecule has 0 bridgehead atoms. The summed E-state index contributed by atoms with van der Waals surface area (Å²) in [5, 5.41) is 8.05. The van der Waals surface area contributed by atoms with E-state index >= 15 is 0 Å². The SMILES string of the molecule is COCCOc1cc(Cc2noc(C(N)=O)n2)cc(-c2cn3ncccc3n2)c1. The number of carbonyl (C=O) groups excluding carboxylic acids is 1. The summed E-state index contributed by atoms with van der Waals surface area (Å²) in [6.07, 6.45) is 3.87. The molecule has 0 aliphatic carbocycles. The topological polar surface area (TPSA) is 131 Å². The Morgan fingerprint density at radius 2 is 2.14 bits per heavy atom. The second-order valence-corrected chi connectivity index (χ2v) is 6.22. The second-order valence-electron chi connectivity index (χ2n) is 6.22. The fourth-order valence-corrected chi connectivity index (χ4v) is 2.82. The summed E-state index contributed by atoms with van der Waals surface area (Å²) in [6, 6.07) is 9.42. The normalized spacial score (nSPS) is 11.1. The Bertz CT molecular complexity index is 1120. The Kier molecular flexibility index (Phi) is 5.16. The van der Waals surface area contributed by atoms with Crippen LogP contribution in [0.1, 0.15) is 22.1 Å². The van der Waals surface area contributed by atoms with Gasteiger partial charge < -0.3 is 19.7 Å². The van der Waals surface area contributed by atoms with Gasteiger partial charge in [-0.25, -0.2) is 9.50 Å². The molecule has 0 aliphatic rings. The standard InChI is InChI=1S/C19H18N6O4/c1-27-5-6-28-14-8-12(9-16-23-19(18(20)26)29-24-16)7-13(10-14)15-11-25-17(22-15)3-2-4-21-25/h2-4,7-8,10-11H,5-6,9H2,1H3,(H2,20,26). The maximum Gasteiger partial charge on any atom is 0.315 e. The van der Waals surface area contributed by atoms with E-state index in [1.165, 1.54) is 0 Å². The van der Waals surface area contributed by atoms with Crippen molar-refractivity contribution in [1.29, 1.82) is 0 Å². The van der Waals surface area contributed by atoms with Crippen LogP contribution < -0.4 is 10.5 Å². The summed E-state index contributed by atoms with van der Waals surface area (Å²) in [5.41, 5.74) is 8.35. The van der Waals surface area contributed by atoms with Gasteiger partial charge in [0.1, 0.15) is 12.4 Å². The Labute approximate surface area is 165 Å². The molecule has 148 valence electrons. The van der Waals surface area contributed by atoms with Crippen molar-refractivity contribution in [2.45, 2.75) is 6.42 Å². The van der Waals surface area contributed by atoms with Gasteiger partial charge in [-0.15, -0.1) is 0 Å². The molecule has 4 rings (SSSR count). The lowest BCUT2D eigenvalue weighted by molar-refractivity contribution is 0.0958. The highest BCUT2D eigenvalue weighted by Gasteiger charge is 2.14. The minimum atomic E-state index is -0.765. The molecule has 0 aliphatic heterocycles. The molecule has 3 heterocycles. The van der Waals surface area contributed by atoms with Crippen molar-refractivity contribution < 1.29 is 18.8 Å². The minimum absolute atomic E-state index is 0.223. The van der Waals surface area contributed by atoms with E-state index in [0.29, 0.717) is 31.2 Å². The predicted molar refractivity (Wildman–Crippen MR) is 101 cm³/mol. The number of hydrogen-bond acceptors (Lipinski definition) is 8. The number of aromatic nitrogens is 5. The molecular formula is C19H18N6O4. The first-order valence-corrected chi connectivity index (χ1v) is 8.81. The summed E-state index contributed by atoms with van der Waals surface area (Å²) in [6.45, 7) is 0.866. The van der Waals surface area contributed by atoms with Crippen LogP contribution in [0.5, 0.6) is 5.75 Å². The molecule has 3 aromatic heterocycles. The van der Waals surface area contributed by atoms with Gasteiger partial charge in [-0.05, 0) is 35.9 Å². The highest BCUT2D eigenvalue weighted by molar-refractivity contribution is 5.87. The van der Waals surface area contributed by atoms with Gasteiger partial charge in [-0.3, -0.25) is 4.79 Å². The molecule has 0 spiro atoms. The van der Waals surface area contributed by atoms with Crippen molar-refractivity contribution in [3.8, 4) is 17.0 Å². The van der Waals surface area contributed by atoms with Crippen molar-refractivity contribution in [3.63, 3.8) is 0 Å². The van der Waals surface area contributed by atoms with Crippen LogP contribution in [0.25, 0.3) is 16.9 Å². The fraction of sp³-hybridized carbons (Fsp3) is 0.211. The van der Waals surface area contributed by atoms with Crippen LogP contribution in [0, 0.1) is 0 Å². The van der Waals surface area contributed by atoms with E-state index in [-0.39, 0.29) is 5.89 Å². The number of methoxy groups -OCH3 is 1. The van der Waals surface area contributed by atoms with Gasteiger partial charge in [0.25, 0.3) is 0 Å². The van der Waals surface area contributed by atoms with Gasteiger partial charge in [0.05, 0.1) is 18.5 Å². The Hall–Kier alpha value is -3.79. The van der Waals surface area contributed by atoms with E-state index < -0.39 is 5.91 Å². The molecule has 10 heteroatoms. The number of carbonyl (C=O) groups is 1. The van der Waals surface area contributed by atoms with Gasteiger partial charge in [0.2, 0.25) is 0 Å². The van der Waals surface area contributed by atoms with Crippen molar-refractivity contribution >= 4 is 11.6 Å². The van der Waals surface area contributed by atoms with Gasteiger partial charge >= 0.3 is 11.8 Å². The zero-order valence-corrected chi connectivity index (χ0v) is 15.6. The van der Waals surface area contributed by atoms with Crippen LogP contribution in [-0.2, 0) is 11.2 Å². The number of ether oxygens (including phenoxy) is 2. The summed E-state index contributed by atoms with van der Waals surface area (Å²) >= 11 is 0. The van der Waals surface area contributed by atoms with Gasteiger partial charge in [-0.2, -0.15) is 10.1 Å². The Balaban J connectivity index is 1.68. The van der Waals surface area contributed by atoms with E-state index in [2.05, 4.69) is 20.2 Å². The molecule has 29 heavy (non-hydrogen) atoms. The largest absolute Gasteiger partial charge is 0.491 e. The lowest BCUT2D eigenvalue weighted by Gasteiger charge is -2.09. The highest BCUT2D eigenvalue weighted by atomic mass is 16.5. The number of hydrogen-bond donors (Lipinski definition) is 1. The number of primary amides is 1. The summed E-state index contributed by atoms with van der Waals surface area (Å²) in [4.78, 5) is 19.8. The van der Waals surface area contributed by atoms with Crippen LogP contribution in [0.4, 0.5) is 0 Å². The van der Waals surface area contributed by atoms with Crippen LogP contribution in [0.3, 0.4) is 0 Å². The molecule has 10 nitrogen and oxygen atoms in total. The van der Waals surface area contributed by atoms with Crippen molar-refractivity contribution in [3.05, 3.63) is 60.0 Å². The number of imidazole rings is 1. The van der Waals surface area contributed by atoms with E-state index in [1.54, 1.807) is 17.8 Å². The molecular weight excluding hydrogens is 376 g/mol. The third-order valence-electron chi connectivity index (χ3n) is 4.10. The molecule has 2 N–H and O–H groups in total. The maximum absolute atomic E-state index is 11.2. The second kappa shape index (κ2) is 8.07. The van der Waals surface area contributed by atoms with Crippen molar-refractivity contribution in [1.82, 2.24) is 24.7 Å². The van der Waals surface area contributed by atoms with Crippen LogP contribution in [-0.4, -0.2) is 51.0 Å². The monoisotopic (exact) mass is 394 g/mol. The summed E-state index contributed by atoms with van der Waals surface area (Å²) in [7, 11) is 1.61. The predicted octanol–water partition coefficient (Wildman–Crippen LogP) is 1.49. The third-order valence-corrected chi connectivity index (χ3v) is 4.10. The average Bonchev–Trinajstić information content (AvgIpc) is 3.35. The summed E-state index contributed by atoms with van der Waals surface area (Å²) in [5.74, 6) is 0.00563. The maximum atomic E-state index is 11.2. The third kappa shape index (κ3) is 4.22. The fourth-order valence-electron chi connectivity index (χ4n) is 2.82. The first-order valence-electron chi connectivity index (χ1n) is 8.81.